The Hall–Kier alpha value is -4.66. The van der Waals surface area contributed by atoms with Crippen LogP contribution < -0.4 is 21.5 Å². The first-order chi connectivity index (χ1) is 19.6. The summed E-state index contributed by atoms with van der Waals surface area (Å²) in [4.78, 5) is 55.5. The van der Waals surface area contributed by atoms with Gasteiger partial charge in [-0.15, -0.1) is 5.92 Å². The van der Waals surface area contributed by atoms with Gasteiger partial charge in [-0.05, 0) is 52.7 Å². The fourth-order valence-electron chi connectivity index (χ4n) is 5.03. The van der Waals surface area contributed by atoms with Crippen molar-refractivity contribution in [3.8, 4) is 11.8 Å². The van der Waals surface area contributed by atoms with E-state index < -0.39 is 22.9 Å². The van der Waals surface area contributed by atoms with E-state index in [2.05, 4.69) is 27.1 Å². The number of para-hydroxylation sites is 2. The maximum atomic E-state index is 13.9. The zero-order valence-electron chi connectivity index (χ0n) is 24.0. The van der Waals surface area contributed by atoms with Gasteiger partial charge in [0.2, 0.25) is 5.95 Å². The van der Waals surface area contributed by atoms with Gasteiger partial charge in [0.25, 0.3) is 5.56 Å². The zero-order chi connectivity index (χ0) is 29.3. The Bertz CT molecular complexity index is 1800. The summed E-state index contributed by atoms with van der Waals surface area (Å²) < 4.78 is 9.73. The van der Waals surface area contributed by atoms with Crippen molar-refractivity contribution in [1.29, 1.82) is 0 Å². The number of alkyl carbamates (subject to hydrolysis) is 1. The normalized spacial score (nSPS) is 15.5. The predicted molar refractivity (Wildman–Crippen MR) is 156 cm³/mol. The number of aromatic nitrogens is 6. The molecule has 1 aliphatic rings. The largest absolute Gasteiger partial charge is 0.444 e. The topological polar surface area (TPSA) is 129 Å². The van der Waals surface area contributed by atoms with Crippen molar-refractivity contribution in [3.63, 3.8) is 0 Å². The minimum Gasteiger partial charge on any atom is -0.444 e. The smallest absolute Gasteiger partial charge is 0.407 e. The highest BCUT2D eigenvalue weighted by Crippen LogP contribution is 2.23. The van der Waals surface area contributed by atoms with Crippen LogP contribution in [0.1, 0.15) is 46.2 Å². The quantitative estimate of drug-likeness (QED) is 0.370. The summed E-state index contributed by atoms with van der Waals surface area (Å²) in [7, 11) is 1.60. The molecular formula is C29H34N8O4. The molecule has 0 radical (unpaired) electrons. The van der Waals surface area contributed by atoms with Crippen LogP contribution >= 0.6 is 0 Å². The van der Waals surface area contributed by atoms with Crippen molar-refractivity contribution in [2.24, 2.45) is 7.05 Å². The van der Waals surface area contributed by atoms with Crippen molar-refractivity contribution >= 4 is 34.2 Å². The Labute approximate surface area is 237 Å². The Kier molecular flexibility index (Phi) is 7.53. The lowest BCUT2D eigenvalue weighted by Crippen LogP contribution is -2.49. The van der Waals surface area contributed by atoms with Gasteiger partial charge in [-0.2, -0.15) is 4.98 Å². The van der Waals surface area contributed by atoms with E-state index in [4.69, 9.17) is 9.72 Å². The fourth-order valence-corrected chi connectivity index (χ4v) is 5.03. The Morgan fingerprint density at radius 1 is 1.15 bits per heavy atom. The molecule has 0 saturated carbocycles. The fraction of sp³-hybridized carbons (Fsp3) is 0.448. The number of hydrogen-bond acceptors (Lipinski definition) is 8. The van der Waals surface area contributed by atoms with Gasteiger partial charge in [-0.1, -0.05) is 18.1 Å². The highest BCUT2D eigenvalue weighted by Gasteiger charge is 2.29. The van der Waals surface area contributed by atoms with Crippen LogP contribution in [0.2, 0.25) is 0 Å². The summed E-state index contributed by atoms with van der Waals surface area (Å²) in [5.41, 5.74) is 0.878. The molecule has 1 saturated heterocycles. The number of aryl methyl sites for hydroxylation is 1. The first kappa shape index (κ1) is 27.9. The van der Waals surface area contributed by atoms with Gasteiger partial charge >= 0.3 is 11.8 Å². The van der Waals surface area contributed by atoms with E-state index >= 15 is 0 Å². The van der Waals surface area contributed by atoms with Crippen LogP contribution in [-0.4, -0.2) is 59.5 Å². The van der Waals surface area contributed by atoms with Crippen molar-refractivity contribution in [1.82, 2.24) is 34.0 Å². The number of anilines is 1. The van der Waals surface area contributed by atoms with Gasteiger partial charge in [-0.25, -0.2) is 14.6 Å². The second kappa shape index (κ2) is 11.1. The minimum absolute atomic E-state index is 0.0369. The lowest BCUT2D eigenvalue weighted by atomic mass is 10.1. The molecule has 0 aliphatic carbocycles. The Balaban J connectivity index is 1.54. The standard InChI is InChI=1S/C29H34N8O4/c1-6-7-15-36-23-24(33-26(36)35-14-10-11-19(17-35)32-27(39)41-29(2,3)4)34(5)28(40)37(25(23)38)18-20-16-30-21-12-8-9-13-22(21)31-20/h8-9,12-13,16,19H,10-11,14-15,17-18H2,1-5H3,(H,32,39). The van der Waals surface area contributed by atoms with E-state index in [0.29, 0.717) is 30.2 Å². The number of imidazole rings is 1. The zero-order valence-corrected chi connectivity index (χ0v) is 24.0. The first-order valence-electron chi connectivity index (χ1n) is 13.6. The van der Waals surface area contributed by atoms with Crippen LogP contribution in [0.5, 0.6) is 0 Å². The lowest BCUT2D eigenvalue weighted by Gasteiger charge is -2.34. The van der Waals surface area contributed by atoms with Crippen LogP contribution in [0.25, 0.3) is 22.2 Å². The molecule has 1 aromatic carbocycles. The van der Waals surface area contributed by atoms with Gasteiger partial charge in [0.05, 0.1) is 36.0 Å². The molecule has 1 atom stereocenters. The molecule has 1 N–H and O–H groups in total. The second-order valence-corrected chi connectivity index (χ2v) is 11.1. The summed E-state index contributed by atoms with van der Waals surface area (Å²) in [6, 6.07) is 7.26. The average Bonchev–Trinajstić information content (AvgIpc) is 3.32. The molecule has 0 bridgehead atoms. The molecular weight excluding hydrogens is 524 g/mol. The van der Waals surface area contributed by atoms with Gasteiger partial charge < -0.3 is 15.0 Å². The molecule has 0 spiro atoms. The third-order valence-corrected chi connectivity index (χ3v) is 6.87. The highest BCUT2D eigenvalue weighted by molar-refractivity contribution is 5.75. The second-order valence-electron chi connectivity index (χ2n) is 11.1. The van der Waals surface area contributed by atoms with Gasteiger partial charge in [-0.3, -0.25) is 23.5 Å². The number of benzene rings is 1. The summed E-state index contributed by atoms with van der Waals surface area (Å²) in [5.74, 6) is 6.45. The third kappa shape index (κ3) is 5.79. The molecule has 4 heterocycles. The molecule has 1 amide bonds. The summed E-state index contributed by atoms with van der Waals surface area (Å²) >= 11 is 0. The van der Waals surface area contributed by atoms with E-state index in [9.17, 15) is 14.4 Å². The van der Waals surface area contributed by atoms with Crippen molar-refractivity contribution in [3.05, 3.63) is 57.0 Å². The molecule has 5 rings (SSSR count). The van der Waals surface area contributed by atoms with Crippen molar-refractivity contribution in [2.75, 3.05) is 18.0 Å². The van der Waals surface area contributed by atoms with Crippen LogP contribution in [0.15, 0.2) is 40.1 Å². The molecule has 12 heteroatoms. The number of amides is 1. The Morgan fingerprint density at radius 2 is 1.90 bits per heavy atom. The molecule has 3 aromatic heterocycles. The van der Waals surface area contributed by atoms with E-state index in [0.717, 1.165) is 22.9 Å². The van der Waals surface area contributed by atoms with Gasteiger partial charge in [0.1, 0.15) is 5.60 Å². The Morgan fingerprint density at radius 3 is 2.63 bits per heavy atom. The summed E-state index contributed by atoms with van der Waals surface area (Å²) in [5, 5.41) is 2.95. The maximum Gasteiger partial charge on any atom is 0.407 e. The molecule has 12 nitrogen and oxygen atoms in total. The predicted octanol–water partition coefficient (Wildman–Crippen LogP) is 2.40. The molecule has 1 aliphatic heterocycles. The van der Waals surface area contributed by atoms with Gasteiger partial charge in [0.15, 0.2) is 11.2 Å². The van der Waals surface area contributed by atoms with Crippen LogP contribution in [0, 0.1) is 11.8 Å². The molecule has 1 unspecified atom stereocenters. The number of carbonyl (C=O) groups excluding carboxylic acids is 1. The van der Waals surface area contributed by atoms with E-state index in [-0.39, 0.29) is 30.3 Å². The number of carbonyl (C=O) groups is 1. The maximum absolute atomic E-state index is 13.9. The van der Waals surface area contributed by atoms with E-state index in [1.54, 1.807) is 24.7 Å². The average molecular weight is 559 g/mol. The van der Waals surface area contributed by atoms with Crippen molar-refractivity contribution in [2.45, 2.75) is 65.3 Å². The number of fused-ring (bicyclic) bond motifs is 2. The number of rotatable bonds is 5. The van der Waals surface area contributed by atoms with Gasteiger partial charge in [0, 0.05) is 26.2 Å². The number of nitrogens with one attached hydrogen (secondary N) is 1. The molecule has 1 fully saturated rings. The number of ether oxygens (including phenoxy) is 1. The third-order valence-electron chi connectivity index (χ3n) is 6.87. The molecule has 4 aromatic rings. The SMILES string of the molecule is CC#CCn1c(N2CCCC(NC(=O)OC(C)(C)C)C2)nc2c1c(=O)n(Cc1cnc3ccccc3n1)c(=O)n2C. The number of hydrogen-bond donors (Lipinski definition) is 1. The lowest BCUT2D eigenvalue weighted by molar-refractivity contribution is 0.0499. The molecule has 214 valence electrons. The summed E-state index contributed by atoms with van der Waals surface area (Å²) in [6.07, 6.45) is 2.68. The molecule has 41 heavy (non-hydrogen) atoms. The van der Waals surface area contributed by atoms with E-state index in [1.807, 2.05) is 49.9 Å². The summed E-state index contributed by atoms with van der Waals surface area (Å²) in [6.45, 7) is 8.51. The number of piperidine rings is 1. The van der Waals surface area contributed by atoms with Crippen LogP contribution in [0.4, 0.5) is 10.7 Å². The van der Waals surface area contributed by atoms with E-state index in [1.165, 1.54) is 4.57 Å². The first-order valence-corrected chi connectivity index (χ1v) is 13.6. The number of nitrogens with zero attached hydrogens (tertiary/aromatic N) is 7. The van der Waals surface area contributed by atoms with Crippen LogP contribution in [-0.2, 0) is 24.9 Å². The van der Waals surface area contributed by atoms with Crippen molar-refractivity contribution < 1.29 is 9.53 Å². The highest BCUT2D eigenvalue weighted by atomic mass is 16.6. The monoisotopic (exact) mass is 558 g/mol. The van der Waals surface area contributed by atoms with Crippen LogP contribution in [0.3, 0.4) is 0 Å². The minimum atomic E-state index is -0.603.